The lowest BCUT2D eigenvalue weighted by molar-refractivity contribution is -0.384. The van der Waals surface area contributed by atoms with Gasteiger partial charge < -0.3 is 9.15 Å². The van der Waals surface area contributed by atoms with Gasteiger partial charge in [0, 0.05) is 23.8 Å². The first-order valence-corrected chi connectivity index (χ1v) is 15.2. The van der Waals surface area contributed by atoms with Crippen molar-refractivity contribution in [3.8, 4) is 11.3 Å². The molecule has 2 aromatic carbocycles. The Labute approximate surface area is 256 Å². The SMILES string of the molecule is CCCC1=C(C(=O)OCC)[C@H](c2ccc(C(C)C)cc2)n2c(s/c(=C\c3ccc(-c4ccc([N+](=O)[O-])cc4Cl)o3)c2=O)=N1. The van der Waals surface area contributed by atoms with Crippen molar-refractivity contribution in [1.29, 1.82) is 0 Å². The fourth-order valence-corrected chi connectivity index (χ4v) is 6.29. The third kappa shape index (κ3) is 5.98. The van der Waals surface area contributed by atoms with Gasteiger partial charge in [-0.15, -0.1) is 0 Å². The lowest BCUT2D eigenvalue weighted by Gasteiger charge is -2.26. The fourth-order valence-electron chi connectivity index (χ4n) is 5.02. The fraction of sp³-hybridized carbons (Fsp3) is 0.281. The van der Waals surface area contributed by atoms with E-state index in [1.54, 1.807) is 29.7 Å². The van der Waals surface area contributed by atoms with Crippen LogP contribution in [0, 0.1) is 10.1 Å². The number of esters is 1. The number of benzene rings is 2. The number of carbonyl (C=O) groups excluding carboxylic acids is 1. The molecule has 0 aliphatic carbocycles. The van der Waals surface area contributed by atoms with Gasteiger partial charge in [0.05, 0.1) is 38.4 Å². The van der Waals surface area contributed by atoms with E-state index in [-0.39, 0.29) is 22.9 Å². The highest BCUT2D eigenvalue weighted by Crippen LogP contribution is 2.34. The number of halogens is 1. The van der Waals surface area contributed by atoms with Crippen molar-refractivity contribution in [3.05, 3.63) is 118 Å². The molecule has 1 aliphatic heterocycles. The Balaban J connectivity index is 1.64. The molecule has 11 heteroatoms. The molecule has 1 aliphatic rings. The molecule has 0 radical (unpaired) electrons. The van der Waals surface area contributed by atoms with Gasteiger partial charge in [0.1, 0.15) is 11.5 Å². The number of non-ortho nitro benzene ring substituents is 1. The van der Waals surface area contributed by atoms with Crippen molar-refractivity contribution in [3.63, 3.8) is 0 Å². The smallest absolute Gasteiger partial charge is 0.338 e. The molecule has 2 aromatic heterocycles. The van der Waals surface area contributed by atoms with Crippen LogP contribution in [0.1, 0.15) is 69.4 Å². The number of nitrogens with zero attached hydrogens (tertiary/aromatic N) is 3. The predicted octanol–water partition coefficient (Wildman–Crippen LogP) is 6.52. The van der Waals surface area contributed by atoms with Crippen molar-refractivity contribution in [1.82, 2.24) is 4.57 Å². The number of carbonyl (C=O) groups is 1. The number of fused-ring (bicyclic) bond motifs is 1. The van der Waals surface area contributed by atoms with Crippen LogP contribution in [0.5, 0.6) is 0 Å². The number of nitro groups is 1. The van der Waals surface area contributed by atoms with Crippen LogP contribution in [-0.4, -0.2) is 22.1 Å². The van der Waals surface area contributed by atoms with Crippen molar-refractivity contribution < 1.29 is 18.9 Å². The number of rotatable bonds is 9. The summed E-state index contributed by atoms with van der Waals surface area (Å²) >= 11 is 7.51. The van der Waals surface area contributed by atoms with Crippen LogP contribution in [0.3, 0.4) is 0 Å². The third-order valence-electron chi connectivity index (χ3n) is 7.14. The number of furan rings is 1. The van der Waals surface area contributed by atoms with E-state index in [0.29, 0.717) is 50.0 Å². The summed E-state index contributed by atoms with van der Waals surface area (Å²) in [5.74, 6) is 0.631. The Morgan fingerprint density at radius 1 is 1.19 bits per heavy atom. The maximum absolute atomic E-state index is 14.0. The van der Waals surface area contributed by atoms with Gasteiger partial charge in [-0.2, -0.15) is 0 Å². The number of hydrogen-bond donors (Lipinski definition) is 0. The second-order valence-corrected chi connectivity index (χ2v) is 11.8. The summed E-state index contributed by atoms with van der Waals surface area (Å²) in [7, 11) is 0. The molecular weight excluding hydrogens is 590 g/mol. The molecule has 0 saturated carbocycles. The quantitative estimate of drug-likeness (QED) is 0.120. The van der Waals surface area contributed by atoms with Gasteiger partial charge in [-0.3, -0.25) is 19.5 Å². The molecule has 0 amide bonds. The highest BCUT2D eigenvalue weighted by Gasteiger charge is 2.34. The molecule has 0 spiro atoms. The van der Waals surface area contributed by atoms with Crippen LogP contribution >= 0.6 is 22.9 Å². The molecule has 5 rings (SSSR count). The number of ether oxygens (including phenoxy) is 1. The van der Waals surface area contributed by atoms with E-state index in [2.05, 4.69) is 13.8 Å². The predicted molar refractivity (Wildman–Crippen MR) is 166 cm³/mol. The van der Waals surface area contributed by atoms with Crippen LogP contribution in [0.2, 0.25) is 5.02 Å². The molecule has 3 heterocycles. The summed E-state index contributed by atoms with van der Waals surface area (Å²) in [5.41, 5.74) is 2.96. The zero-order valence-corrected chi connectivity index (χ0v) is 25.7. The van der Waals surface area contributed by atoms with E-state index in [1.807, 2.05) is 31.2 Å². The number of nitro benzene ring substituents is 1. The summed E-state index contributed by atoms with van der Waals surface area (Å²) in [6, 6.07) is 14.8. The maximum atomic E-state index is 14.0. The van der Waals surface area contributed by atoms with E-state index in [9.17, 15) is 19.7 Å². The maximum Gasteiger partial charge on any atom is 0.338 e. The van der Waals surface area contributed by atoms with Crippen LogP contribution in [0.15, 0.2) is 80.1 Å². The summed E-state index contributed by atoms with van der Waals surface area (Å²) < 4.78 is 13.4. The molecule has 0 unspecified atom stereocenters. The van der Waals surface area contributed by atoms with E-state index < -0.39 is 16.9 Å². The molecule has 4 aromatic rings. The average molecular weight is 620 g/mol. The summed E-state index contributed by atoms with van der Waals surface area (Å²) in [6.45, 7) is 8.18. The Bertz CT molecular complexity index is 1920. The van der Waals surface area contributed by atoms with Gasteiger partial charge in [-0.1, -0.05) is 74.4 Å². The van der Waals surface area contributed by atoms with E-state index in [1.165, 1.54) is 29.5 Å². The van der Waals surface area contributed by atoms with Gasteiger partial charge in [0.25, 0.3) is 11.2 Å². The first-order valence-electron chi connectivity index (χ1n) is 14.0. The second kappa shape index (κ2) is 12.5. The second-order valence-electron chi connectivity index (χ2n) is 10.4. The van der Waals surface area contributed by atoms with Crippen molar-refractivity contribution in [2.45, 2.75) is 52.5 Å². The van der Waals surface area contributed by atoms with Crippen molar-refractivity contribution in [2.24, 2.45) is 4.99 Å². The minimum Gasteiger partial charge on any atom is -0.463 e. The molecular formula is C32H30ClN3O6S. The van der Waals surface area contributed by atoms with Crippen molar-refractivity contribution in [2.75, 3.05) is 6.61 Å². The molecule has 0 saturated heterocycles. The number of aromatic nitrogens is 1. The van der Waals surface area contributed by atoms with Crippen LogP contribution < -0.4 is 14.9 Å². The molecule has 43 heavy (non-hydrogen) atoms. The Morgan fingerprint density at radius 3 is 2.56 bits per heavy atom. The van der Waals surface area contributed by atoms with Gasteiger partial charge in [0.15, 0.2) is 4.80 Å². The van der Waals surface area contributed by atoms with Gasteiger partial charge in [-0.25, -0.2) is 9.79 Å². The number of thiazole rings is 1. The van der Waals surface area contributed by atoms with Gasteiger partial charge in [0.2, 0.25) is 0 Å². The van der Waals surface area contributed by atoms with Crippen LogP contribution in [0.25, 0.3) is 17.4 Å². The highest BCUT2D eigenvalue weighted by atomic mass is 35.5. The zero-order chi connectivity index (χ0) is 30.8. The molecule has 9 nitrogen and oxygen atoms in total. The van der Waals surface area contributed by atoms with Gasteiger partial charge in [-0.05, 0) is 48.6 Å². The third-order valence-corrected chi connectivity index (χ3v) is 8.44. The van der Waals surface area contributed by atoms with E-state index >= 15 is 0 Å². The summed E-state index contributed by atoms with van der Waals surface area (Å²) in [5, 5.41) is 11.3. The monoisotopic (exact) mass is 619 g/mol. The van der Waals surface area contributed by atoms with E-state index in [0.717, 1.165) is 17.5 Å². The molecule has 0 N–H and O–H groups in total. The molecule has 222 valence electrons. The van der Waals surface area contributed by atoms with Crippen LogP contribution in [-0.2, 0) is 9.53 Å². The normalized spacial score (nSPS) is 15.0. The Hall–Kier alpha value is -4.28. The lowest BCUT2D eigenvalue weighted by atomic mass is 9.92. The zero-order valence-electron chi connectivity index (χ0n) is 24.1. The lowest BCUT2D eigenvalue weighted by Crippen LogP contribution is -2.40. The minimum atomic E-state index is -0.703. The average Bonchev–Trinajstić information content (AvgIpc) is 3.56. The topological polar surface area (TPSA) is 117 Å². The first-order chi connectivity index (χ1) is 20.6. The summed E-state index contributed by atoms with van der Waals surface area (Å²) in [4.78, 5) is 43.2. The molecule has 0 bridgehead atoms. The Kier molecular flexibility index (Phi) is 8.79. The standard InChI is InChI=1S/C32H30ClN3O6S/c1-5-7-25-28(31(38)41-6-2)29(20-10-8-19(9-11-20)18(3)4)35-30(37)27(43-32(35)34-25)17-22-13-15-26(42-22)23-14-12-21(36(39)40)16-24(23)33/h8-18,29H,5-7H2,1-4H3/b27-17-/t29-/m0/s1. The van der Waals surface area contributed by atoms with Gasteiger partial charge >= 0.3 is 5.97 Å². The molecule has 1 atom stereocenters. The van der Waals surface area contributed by atoms with Crippen LogP contribution in [0.4, 0.5) is 5.69 Å². The van der Waals surface area contributed by atoms with Crippen molar-refractivity contribution >= 4 is 40.7 Å². The first kappa shape index (κ1) is 30.2. The largest absolute Gasteiger partial charge is 0.463 e. The van der Waals surface area contributed by atoms with E-state index in [4.69, 9.17) is 25.7 Å². The minimum absolute atomic E-state index is 0.125. The highest BCUT2D eigenvalue weighted by molar-refractivity contribution is 7.07. The molecule has 0 fully saturated rings. The Morgan fingerprint density at radius 2 is 1.93 bits per heavy atom. The summed E-state index contributed by atoms with van der Waals surface area (Å²) in [6.07, 6.45) is 2.94. The number of allylic oxidation sites excluding steroid dienone is 1. The number of hydrogen-bond acceptors (Lipinski definition) is 8.